The summed E-state index contributed by atoms with van der Waals surface area (Å²) in [5.41, 5.74) is 6.72. The molecule has 0 amide bonds. The topological polar surface area (TPSA) is 55.0 Å². The first-order valence-electron chi connectivity index (χ1n) is 11.4. The molecule has 1 aromatic heterocycles. The lowest BCUT2D eigenvalue weighted by Gasteiger charge is -2.32. The minimum absolute atomic E-state index is 0.399. The summed E-state index contributed by atoms with van der Waals surface area (Å²) < 4.78 is 20.3. The molecule has 1 aliphatic rings. The van der Waals surface area contributed by atoms with Crippen LogP contribution in [0.2, 0.25) is 0 Å². The van der Waals surface area contributed by atoms with Gasteiger partial charge in [0.25, 0.3) is 0 Å². The van der Waals surface area contributed by atoms with Crippen LogP contribution >= 0.6 is 0 Å². The number of rotatable bonds is 7. The number of fused-ring (bicyclic) bond motifs is 1. The molecule has 0 saturated heterocycles. The molecule has 1 saturated carbocycles. The Balaban J connectivity index is 1.81. The van der Waals surface area contributed by atoms with E-state index in [2.05, 4.69) is 22.3 Å². The van der Waals surface area contributed by atoms with Crippen molar-refractivity contribution in [2.45, 2.75) is 19.3 Å². The van der Waals surface area contributed by atoms with Crippen LogP contribution in [0, 0.1) is 11.9 Å². The first kappa shape index (κ1) is 21.8. The van der Waals surface area contributed by atoms with Gasteiger partial charge in [0.2, 0.25) is 12.2 Å². The lowest BCUT2D eigenvalue weighted by molar-refractivity contribution is 0.400. The third-order valence-electron chi connectivity index (χ3n) is 6.51. The number of nitrogens with zero attached hydrogens (tertiary/aromatic N) is 1. The highest BCUT2D eigenvalue weighted by molar-refractivity contribution is 6.02. The number of allylic oxidation sites excluding steroid dienone is 2. The molecule has 4 aromatic rings. The van der Waals surface area contributed by atoms with E-state index in [1.54, 1.807) is 19.5 Å². The zero-order valence-corrected chi connectivity index (χ0v) is 18.8. The SMILES string of the molecule is COc1cc(/C=C/[C]=O)ccc1/C(=C(\c1ccccc1)C1CCC1)c1ccc2[nH]nc(F)c2c1. The van der Waals surface area contributed by atoms with Crippen LogP contribution in [-0.2, 0) is 4.79 Å². The number of aromatic amines is 1. The summed E-state index contributed by atoms with van der Waals surface area (Å²) in [6.07, 6.45) is 8.21. The van der Waals surface area contributed by atoms with Gasteiger partial charge in [-0.3, -0.25) is 9.89 Å². The van der Waals surface area contributed by atoms with Crippen LogP contribution in [0.25, 0.3) is 28.1 Å². The lowest BCUT2D eigenvalue weighted by atomic mass is 9.73. The average molecular weight is 452 g/mol. The minimum atomic E-state index is -0.515. The van der Waals surface area contributed by atoms with Gasteiger partial charge in [-0.1, -0.05) is 61.0 Å². The van der Waals surface area contributed by atoms with Gasteiger partial charge >= 0.3 is 0 Å². The number of hydrogen-bond acceptors (Lipinski definition) is 3. The summed E-state index contributed by atoms with van der Waals surface area (Å²) >= 11 is 0. The molecule has 4 nitrogen and oxygen atoms in total. The Bertz CT molecular complexity index is 1400. The molecule has 1 radical (unpaired) electrons. The molecule has 1 N–H and O–H groups in total. The zero-order chi connectivity index (χ0) is 23.5. The highest BCUT2D eigenvalue weighted by atomic mass is 19.1. The molecule has 169 valence electrons. The number of hydrogen-bond donors (Lipinski definition) is 1. The summed E-state index contributed by atoms with van der Waals surface area (Å²) in [6, 6.07) is 22.0. The summed E-state index contributed by atoms with van der Waals surface area (Å²) in [5, 5.41) is 6.94. The normalized spacial score (nSPS) is 14.8. The maximum atomic E-state index is 14.4. The second-order valence-corrected chi connectivity index (χ2v) is 8.47. The van der Waals surface area contributed by atoms with E-state index >= 15 is 0 Å². The van der Waals surface area contributed by atoms with Crippen LogP contribution in [0.15, 0.2) is 72.8 Å². The summed E-state index contributed by atoms with van der Waals surface area (Å²) in [7, 11) is 1.64. The predicted octanol–water partition coefficient (Wildman–Crippen LogP) is 6.59. The lowest BCUT2D eigenvalue weighted by Crippen LogP contribution is -2.15. The predicted molar refractivity (Wildman–Crippen MR) is 133 cm³/mol. The van der Waals surface area contributed by atoms with Crippen molar-refractivity contribution < 1.29 is 13.9 Å². The van der Waals surface area contributed by atoms with Gasteiger partial charge in [0, 0.05) is 5.56 Å². The molecule has 3 aromatic carbocycles. The Labute approximate surface area is 197 Å². The molecule has 0 spiro atoms. The highest BCUT2D eigenvalue weighted by Crippen LogP contribution is 2.47. The van der Waals surface area contributed by atoms with E-state index in [1.807, 2.05) is 54.6 Å². The molecular formula is C29H24FN2O2. The first-order valence-corrected chi connectivity index (χ1v) is 11.4. The van der Waals surface area contributed by atoms with Gasteiger partial charge in [0.15, 0.2) is 0 Å². The smallest absolute Gasteiger partial charge is 0.240 e. The van der Waals surface area contributed by atoms with Gasteiger partial charge < -0.3 is 4.74 Å². The summed E-state index contributed by atoms with van der Waals surface area (Å²) in [6.45, 7) is 0. The van der Waals surface area contributed by atoms with Crippen molar-refractivity contribution in [1.29, 1.82) is 0 Å². The molecule has 5 rings (SSSR count). The second kappa shape index (κ2) is 9.48. The van der Waals surface area contributed by atoms with E-state index in [-0.39, 0.29) is 0 Å². The fraction of sp³-hybridized carbons (Fsp3) is 0.172. The zero-order valence-electron chi connectivity index (χ0n) is 18.8. The third-order valence-corrected chi connectivity index (χ3v) is 6.51. The van der Waals surface area contributed by atoms with Gasteiger partial charge in [0.05, 0.1) is 18.0 Å². The second-order valence-electron chi connectivity index (χ2n) is 8.47. The number of benzene rings is 3. The number of H-pyrrole nitrogens is 1. The van der Waals surface area contributed by atoms with Crippen molar-refractivity contribution in [3.05, 3.63) is 101 Å². The number of halogens is 1. The molecule has 34 heavy (non-hydrogen) atoms. The van der Waals surface area contributed by atoms with Crippen molar-refractivity contribution >= 4 is 34.4 Å². The fourth-order valence-electron chi connectivity index (χ4n) is 4.64. The average Bonchev–Trinajstić information content (AvgIpc) is 3.22. The van der Waals surface area contributed by atoms with E-state index in [1.165, 1.54) is 18.1 Å². The first-order chi connectivity index (χ1) is 16.7. The largest absolute Gasteiger partial charge is 0.496 e. The maximum absolute atomic E-state index is 14.4. The molecule has 0 bridgehead atoms. The number of nitrogens with one attached hydrogen (secondary N) is 1. The van der Waals surface area contributed by atoms with E-state index < -0.39 is 5.95 Å². The van der Waals surface area contributed by atoms with E-state index in [9.17, 15) is 9.18 Å². The van der Waals surface area contributed by atoms with E-state index in [4.69, 9.17) is 4.74 Å². The van der Waals surface area contributed by atoms with Gasteiger partial charge in [0.1, 0.15) is 5.75 Å². The Morgan fingerprint density at radius 2 is 1.91 bits per heavy atom. The van der Waals surface area contributed by atoms with Gasteiger partial charge in [-0.05, 0) is 70.9 Å². The van der Waals surface area contributed by atoms with Crippen LogP contribution in [0.1, 0.15) is 41.5 Å². The number of aromatic nitrogens is 2. The quantitative estimate of drug-likeness (QED) is 0.255. The maximum Gasteiger partial charge on any atom is 0.240 e. The Kier molecular flexibility index (Phi) is 6.09. The standard InChI is InChI=1S/C29H24FN2O2/c1-34-26-17-19(7-6-16-33)12-14-23(26)28(22-13-15-25-24(18-22)29(30)32-31-25)27(21-10-5-11-21)20-8-3-2-4-9-20/h2-4,6-9,12-15,17-18,21H,5,10-11H2,1H3,(H,31,32)/b7-6+,28-27+. The molecule has 0 aliphatic heterocycles. The number of carbonyl (C=O) groups excluding carboxylic acids is 1. The Morgan fingerprint density at radius 3 is 2.62 bits per heavy atom. The molecule has 1 heterocycles. The van der Waals surface area contributed by atoms with Gasteiger partial charge in [-0.15, -0.1) is 5.10 Å². The minimum Gasteiger partial charge on any atom is -0.496 e. The Hall–Kier alpha value is -3.99. The van der Waals surface area contributed by atoms with Crippen LogP contribution in [0.5, 0.6) is 5.75 Å². The van der Waals surface area contributed by atoms with Crippen LogP contribution in [-0.4, -0.2) is 23.6 Å². The van der Waals surface area contributed by atoms with Crippen LogP contribution in [0.3, 0.4) is 0 Å². The molecule has 0 unspecified atom stereocenters. The molecule has 1 aliphatic carbocycles. The van der Waals surface area contributed by atoms with Crippen LogP contribution in [0.4, 0.5) is 4.39 Å². The molecular weight excluding hydrogens is 427 g/mol. The molecule has 5 heteroatoms. The fourth-order valence-corrected chi connectivity index (χ4v) is 4.64. The number of ether oxygens (including phenoxy) is 1. The van der Waals surface area contributed by atoms with Gasteiger partial charge in [-0.2, -0.15) is 4.39 Å². The summed E-state index contributed by atoms with van der Waals surface area (Å²) in [5.74, 6) is 0.568. The van der Waals surface area contributed by atoms with Gasteiger partial charge in [-0.25, -0.2) is 0 Å². The number of methoxy groups -OCH3 is 1. The van der Waals surface area contributed by atoms with Crippen LogP contribution < -0.4 is 4.74 Å². The summed E-state index contributed by atoms with van der Waals surface area (Å²) in [4.78, 5) is 10.7. The van der Waals surface area contributed by atoms with Crippen molar-refractivity contribution in [1.82, 2.24) is 10.2 Å². The third kappa shape index (κ3) is 4.05. The van der Waals surface area contributed by atoms with Crippen molar-refractivity contribution in [2.24, 2.45) is 5.92 Å². The molecule has 1 fully saturated rings. The highest BCUT2D eigenvalue weighted by Gasteiger charge is 2.28. The van der Waals surface area contributed by atoms with Crippen molar-refractivity contribution in [2.75, 3.05) is 7.11 Å². The van der Waals surface area contributed by atoms with E-state index in [0.717, 1.165) is 40.7 Å². The van der Waals surface area contributed by atoms with Crippen molar-refractivity contribution in [3.8, 4) is 5.75 Å². The van der Waals surface area contributed by atoms with Crippen molar-refractivity contribution in [3.63, 3.8) is 0 Å². The monoisotopic (exact) mass is 451 g/mol. The Morgan fingerprint density at radius 1 is 1.09 bits per heavy atom. The van der Waals surface area contributed by atoms with E-state index in [0.29, 0.717) is 22.6 Å². The molecule has 0 atom stereocenters.